The van der Waals surface area contributed by atoms with Crippen molar-refractivity contribution >= 4 is 5.97 Å². The zero-order valence-corrected chi connectivity index (χ0v) is 16.3. The highest BCUT2D eigenvalue weighted by Gasteiger charge is 2.48. The molecule has 0 radical (unpaired) electrons. The van der Waals surface area contributed by atoms with Gasteiger partial charge < -0.3 is 14.6 Å². The number of hydrogen-bond acceptors (Lipinski definition) is 5. The number of benzene rings is 2. The van der Waals surface area contributed by atoms with E-state index in [2.05, 4.69) is 11.9 Å². The molecule has 2 aromatic rings. The Morgan fingerprint density at radius 2 is 1.57 bits per heavy atom. The van der Waals surface area contributed by atoms with Crippen LogP contribution >= 0.6 is 0 Å². The molecule has 2 aliphatic rings. The van der Waals surface area contributed by atoms with Crippen molar-refractivity contribution in [2.75, 3.05) is 14.2 Å². The lowest BCUT2D eigenvalue weighted by atomic mass is 9.86. The van der Waals surface area contributed by atoms with Gasteiger partial charge in [0, 0.05) is 32.0 Å². The molecule has 5 nitrogen and oxygen atoms in total. The van der Waals surface area contributed by atoms with E-state index in [1.807, 2.05) is 36.4 Å². The molecule has 28 heavy (non-hydrogen) atoms. The summed E-state index contributed by atoms with van der Waals surface area (Å²) in [4.78, 5) is 15.6. The van der Waals surface area contributed by atoms with E-state index in [0.29, 0.717) is 17.2 Å². The zero-order valence-electron chi connectivity index (χ0n) is 16.3. The van der Waals surface area contributed by atoms with E-state index in [0.717, 1.165) is 19.3 Å². The monoisotopic (exact) mass is 381 g/mol. The van der Waals surface area contributed by atoms with Crippen LogP contribution in [0.3, 0.4) is 0 Å². The molecule has 4 atom stereocenters. The fourth-order valence-electron chi connectivity index (χ4n) is 4.72. The lowest BCUT2D eigenvalue weighted by Crippen LogP contribution is -2.48. The van der Waals surface area contributed by atoms with Crippen molar-refractivity contribution in [1.82, 2.24) is 4.90 Å². The fraction of sp³-hybridized carbons (Fsp3) is 0.435. The van der Waals surface area contributed by atoms with E-state index in [-0.39, 0.29) is 18.2 Å². The zero-order chi connectivity index (χ0) is 19.7. The molecular formula is C23H27NO4. The Morgan fingerprint density at radius 3 is 2.11 bits per heavy atom. The second-order valence-electron chi connectivity index (χ2n) is 7.84. The van der Waals surface area contributed by atoms with Crippen molar-refractivity contribution in [1.29, 1.82) is 0 Å². The van der Waals surface area contributed by atoms with Crippen LogP contribution in [0.15, 0.2) is 60.7 Å². The van der Waals surface area contributed by atoms with E-state index in [9.17, 15) is 9.90 Å². The topological polar surface area (TPSA) is 59.0 Å². The van der Waals surface area contributed by atoms with Gasteiger partial charge in [0.15, 0.2) is 0 Å². The summed E-state index contributed by atoms with van der Waals surface area (Å²) in [6.45, 7) is 0. The van der Waals surface area contributed by atoms with Crippen LogP contribution in [0.2, 0.25) is 0 Å². The number of rotatable bonds is 5. The standard InChI is InChI=1S/C23H27NO4/c1-24-18-13-19(15-20(24)21(14-18)27-2)28-22(25)23(26,16-9-5-3-6-10-16)17-11-7-4-8-12-17/h3-12,18-21,26H,13-15H2,1-2H3/t18-,19-,20+,21-/m1/s1. The van der Waals surface area contributed by atoms with Gasteiger partial charge in [0.25, 0.3) is 0 Å². The largest absolute Gasteiger partial charge is 0.460 e. The van der Waals surface area contributed by atoms with Crippen LogP contribution in [0, 0.1) is 0 Å². The first kappa shape index (κ1) is 19.1. The average molecular weight is 381 g/mol. The molecule has 148 valence electrons. The Balaban J connectivity index is 1.59. The molecule has 0 aliphatic carbocycles. The normalized spacial score (nSPS) is 27.5. The minimum Gasteiger partial charge on any atom is -0.460 e. The number of ether oxygens (including phenoxy) is 2. The van der Waals surface area contributed by atoms with Gasteiger partial charge in [0.05, 0.1) is 6.10 Å². The van der Waals surface area contributed by atoms with Gasteiger partial charge in [-0.25, -0.2) is 4.79 Å². The van der Waals surface area contributed by atoms with Gasteiger partial charge in [-0.3, -0.25) is 4.90 Å². The van der Waals surface area contributed by atoms with E-state index in [4.69, 9.17) is 9.47 Å². The average Bonchev–Trinajstić information content (AvgIpc) is 2.91. The molecule has 2 aliphatic heterocycles. The van der Waals surface area contributed by atoms with Crippen molar-refractivity contribution < 1.29 is 19.4 Å². The fourth-order valence-corrected chi connectivity index (χ4v) is 4.72. The molecule has 2 heterocycles. The predicted molar refractivity (Wildman–Crippen MR) is 106 cm³/mol. The van der Waals surface area contributed by atoms with Crippen molar-refractivity contribution in [3.63, 3.8) is 0 Å². The number of carbonyl (C=O) groups excluding carboxylic acids is 1. The predicted octanol–water partition coefficient (Wildman–Crippen LogP) is 2.72. The number of nitrogens with zero attached hydrogens (tertiary/aromatic N) is 1. The van der Waals surface area contributed by atoms with Gasteiger partial charge in [0.1, 0.15) is 6.10 Å². The molecule has 0 saturated carbocycles. The third kappa shape index (κ3) is 3.24. The third-order valence-electron chi connectivity index (χ3n) is 6.33. The van der Waals surface area contributed by atoms with Crippen LogP contribution in [-0.4, -0.2) is 54.4 Å². The molecule has 0 unspecified atom stereocenters. The lowest BCUT2D eigenvalue weighted by Gasteiger charge is -2.38. The number of hydrogen-bond donors (Lipinski definition) is 1. The number of piperidine rings is 1. The Bertz CT molecular complexity index is 770. The molecule has 0 spiro atoms. The summed E-state index contributed by atoms with van der Waals surface area (Å²) in [5.74, 6) is -0.618. The SMILES string of the molecule is CO[C@@H]1C[C@H]2C[C@@H](OC(=O)C(O)(c3ccccc3)c3ccccc3)C[C@@H]1N2C. The molecule has 5 heteroatoms. The second kappa shape index (κ2) is 7.66. The van der Waals surface area contributed by atoms with Gasteiger partial charge in [-0.05, 0) is 24.6 Å². The Kier molecular flexibility index (Phi) is 5.23. The number of carbonyl (C=O) groups is 1. The van der Waals surface area contributed by atoms with Gasteiger partial charge >= 0.3 is 5.97 Å². The maximum atomic E-state index is 13.3. The van der Waals surface area contributed by atoms with Gasteiger partial charge in [-0.2, -0.15) is 0 Å². The van der Waals surface area contributed by atoms with Crippen LogP contribution in [-0.2, 0) is 19.9 Å². The minimum atomic E-state index is -1.83. The number of fused-ring (bicyclic) bond motifs is 2. The first-order valence-corrected chi connectivity index (χ1v) is 9.83. The van der Waals surface area contributed by atoms with E-state index in [1.165, 1.54) is 0 Å². The van der Waals surface area contributed by atoms with E-state index < -0.39 is 11.6 Å². The summed E-state index contributed by atoms with van der Waals surface area (Å²) in [5.41, 5.74) is -0.806. The highest BCUT2D eigenvalue weighted by Crippen LogP contribution is 2.39. The van der Waals surface area contributed by atoms with Crippen molar-refractivity contribution in [3.8, 4) is 0 Å². The van der Waals surface area contributed by atoms with Gasteiger partial charge in [0.2, 0.25) is 5.60 Å². The molecule has 1 N–H and O–H groups in total. The number of esters is 1. The van der Waals surface area contributed by atoms with Crippen LogP contribution < -0.4 is 0 Å². The van der Waals surface area contributed by atoms with Crippen molar-refractivity contribution in [2.45, 2.75) is 49.2 Å². The minimum absolute atomic E-state index is 0.167. The smallest absolute Gasteiger partial charge is 0.347 e. The molecule has 2 saturated heterocycles. The second-order valence-corrected chi connectivity index (χ2v) is 7.84. The summed E-state index contributed by atoms with van der Waals surface area (Å²) in [6.07, 6.45) is 2.38. The quantitative estimate of drug-likeness (QED) is 0.807. The maximum Gasteiger partial charge on any atom is 0.347 e. The van der Waals surface area contributed by atoms with Crippen LogP contribution in [0.4, 0.5) is 0 Å². The molecule has 2 fully saturated rings. The maximum absolute atomic E-state index is 13.3. The molecule has 0 aromatic heterocycles. The Labute approximate surface area is 165 Å². The molecule has 4 rings (SSSR count). The van der Waals surface area contributed by atoms with Crippen LogP contribution in [0.25, 0.3) is 0 Å². The summed E-state index contributed by atoms with van der Waals surface area (Å²) >= 11 is 0. The van der Waals surface area contributed by atoms with Gasteiger partial charge in [-0.15, -0.1) is 0 Å². The van der Waals surface area contributed by atoms with Crippen LogP contribution in [0.5, 0.6) is 0 Å². The molecule has 0 amide bonds. The third-order valence-corrected chi connectivity index (χ3v) is 6.33. The summed E-state index contributed by atoms with van der Waals surface area (Å²) in [5, 5.41) is 11.5. The summed E-state index contributed by atoms with van der Waals surface area (Å²) < 4.78 is 11.5. The van der Waals surface area contributed by atoms with E-state index >= 15 is 0 Å². The summed E-state index contributed by atoms with van der Waals surface area (Å²) in [6, 6.07) is 18.6. The summed E-state index contributed by atoms with van der Waals surface area (Å²) in [7, 11) is 3.85. The Hall–Kier alpha value is -2.21. The lowest BCUT2D eigenvalue weighted by molar-refractivity contribution is -0.171. The molecule has 2 bridgehead atoms. The number of likely N-dealkylation sites (N-methyl/N-ethyl adjacent to an activating group) is 1. The van der Waals surface area contributed by atoms with E-state index in [1.54, 1.807) is 31.4 Å². The highest BCUT2D eigenvalue weighted by atomic mass is 16.6. The van der Waals surface area contributed by atoms with Crippen LogP contribution in [0.1, 0.15) is 30.4 Å². The first-order chi connectivity index (χ1) is 13.5. The first-order valence-electron chi connectivity index (χ1n) is 9.83. The van der Waals surface area contributed by atoms with Gasteiger partial charge in [-0.1, -0.05) is 60.7 Å². The molecular weight excluding hydrogens is 354 g/mol. The van der Waals surface area contributed by atoms with Crippen molar-refractivity contribution in [2.24, 2.45) is 0 Å². The Morgan fingerprint density at radius 1 is 1.00 bits per heavy atom. The highest BCUT2D eigenvalue weighted by molar-refractivity contribution is 5.85. The van der Waals surface area contributed by atoms with Crippen molar-refractivity contribution in [3.05, 3.63) is 71.8 Å². The number of aliphatic hydroxyl groups is 1. The molecule has 2 aromatic carbocycles. The number of methoxy groups -OCH3 is 1.